The van der Waals surface area contributed by atoms with Crippen molar-refractivity contribution < 1.29 is 14.0 Å². The number of benzene rings is 2. The summed E-state index contributed by atoms with van der Waals surface area (Å²) in [7, 11) is 0. The van der Waals surface area contributed by atoms with E-state index < -0.39 is 11.6 Å². The second-order valence-corrected chi connectivity index (χ2v) is 5.02. The molecule has 0 amide bonds. The molecule has 0 bridgehead atoms. The average Bonchev–Trinajstić information content (AvgIpc) is 2.92. The van der Waals surface area contributed by atoms with Crippen LogP contribution in [-0.4, -0.2) is 21.0 Å². The van der Waals surface area contributed by atoms with Crippen LogP contribution in [-0.2, 0) is 0 Å². The van der Waals surface area contributed by atoms with Gasteiger partial charge in [-0.05, 0) is 30.3 Å². The lowest BCUT2D eigenvalue weighted by Gasteiger charge is -2.07. The van der Waals surface area contributed by atoms with E-state index in [-0.39, 0.29) is 33.5 Å². The van der Waals surface area contributed by atoms with Crippen LogP contribution in [0, 0.1) is 11.6 Å². The lowest BCUT2D eigenvalue weighted by atomic mass is 10.1. The number of H-pyrrole nitrogens is 1. The first-order valence-electron chi connectivity index (χ1n) is 6.37. The lowest BCUT2D eigenvalue weighted by molar-refractivity contribution is 0.235. The zero-order chi connectivity index (χ0) is 16.6. The number of hydrogen-bond donors (Lipinski definition) is 4. The summed E-state index contributed by atoms with van der Waals surface area (Å²) in [6.07, 6.45) is 0. The van der Waals surface area contributed by atoms with Gasteiger partial charge in [-0.1, -0.05) is 11.6 Å². The van der Waals surface area contributed by atoms with E-state index in [1.807, 2.05) is 5.48 Å². The summed E-state index contributed by atoms with van der Waals surface area (Å²) in [5.74, 6) is -1.15. The molecule has 0 saturated carbocycles. The Balaban J connectivity index is 2.16. The Morgan fingerprint density at radius 3 is 2.70 bits per heavy atom. The van der Waals surface area contributed by atoms with Gasteiger partial charge in [0, 0.05) is 5.56 Å². The summed E-state index contributed by atoms with van der Waals surface area (Å²) in [5, 5.41) is 9.24. The van der Waals surface area contributed by atoms with Crippen LogP contribution < -0.4 is 11.2 Å². The van der Waals surface area contributed by atoms with Crippen molar-refractivity contribution in [3.63, 3.8) is 0 Å². The third-order valence-electron chi connectivity index (χ3n) is 3.12. The first kappa shape index (κ1) is 15.2. The predicted octanol–water partition coefficient (Wildman–Crippen LogP) is 3.13. The molecule has 2 aromatic carbocycles. The van der Waals surface area contributed by atoms with E-state index in [1.165, 1.54) is 24.3 Å². The third kappa shape index (κ3) is 2.81. The van der Waals surface area contributed by atoms with Crippen LogP contribution in [0.4, 0.5) is 20.4 Å². The number of nitrogens with zero attached hydrogens (tertiary/aromatic N) is 2. The molecule has 0 atom stereocenters. The topological polar surface area (TPSA) is 99.3 Å². The van der Waals surface area contributed by atoms with Gasteiger partial charge in [0.25, 0.3) is 0 Å². The number of nitrogens with two attached hydrogens (primary N) is 1. The fourth-order valence-corrected chi connectivity index (χ4v) is 2.28. The van der Waals surface area contributed by atoms with Crippen molar-refractivity contribution in [3.8, 4) is 0 Å². The number of hydroxylamine groups is 1. The summed E-state index contributed by atoms with van der Waals surface area (Å²) < 4.78 is 26.9. The minimum absolute atomic E-state index is 0.0127. The number of nitrogen functional groups attached to an aromatic ring is 1. The molecule has 0 saturated heterocycles. The molecule has 3 rings (SSSR count). The van der Waals surface area contributed by atoms with Crippen LogP contribution in [0.15, 0.2) is 35.3 Å². The van der Waals surface area contributed by atoms with Crippen LogP contribution in [0.5, 0.6) is 0 Å². The van der Waals surface area contributed by atoms with E-state index in [2.05, 4.69) is 15.0 Å². The Labute approximate surface area is 133 Å². The number of imidazole rings is 1. The number of aromatic amines is 1. The Morgan fingerprint density at radius 2 is 2.00 bits per heavy atom. The number of amidine groups is 1. The van der Waals surface area contributed by atoms with Crippen LogP contribution >= 0.6 is 11.6 Å². The zero-order valence-electron chi connectivity index (χ0n) is 11.4. The number of rotatable bonds is 2. The molecule has 1 heterocycles. The molecule has 9 heteroatoms. The lowest BCUT2D eigenvalue weighted by Crippen LogP contribution is -2.20. The van der Waals surface area contributed by atoms with Crippen molar-refractivity contribution in [2.75, 3.05) is 5.73 Å². The van der Waals surface area contributed by atoms with Gasteiger partial charge < -0.3 is 10.7 Å². The molecule has 0 radical (unpaired) electrons. The first-order valence-corrected chi connectivity index (χ1v) is 6.75. The molecular formula is C14H10ClF2N5O. The third-order valence-corrected chi connectivity index (χ3v) is 3.41. The maximum atomic E-state index is 13.8. The number of anilines is 1. The molecule has 0 spiro atoms. The maximum Gasteiger partial charge on any atom is 0.198 e. The summed E-state index contributed by atoms with van der Waals surface area (Å²) >= 11 is 5.70. The highest BCUT2D eigenvalue weighted by Crippen LogP contribution is 2.25. The van der Waals surface area contributed by atoms with E-state index in [0.717, 1.165) is 6.07 Å². The van der Waals surface area contributed by atoms with Crippen molar-refractivity contribution in [2.45, 2.75) is 0 Å². The fourth-order valence-electron chi connectivity index (χ4n) is 2.10. The first-order chi connectivity index (χ1) is 11.0. The van der Waals surface area contributed by atoms with Gasteiger partial charge in [-0.2, -0.15) is 0 Å². The van der Waals surface area contributed by atoms with Gasteiger partial charge in [-0.3, -0.25) is 10.7 Å². The molecule has 6 nitrogen and oxygen atoms in total. The summed E-state index contributed by atoms with van der Waals surface area (Å²) in [6, 6.07) is 6.37. The van der Waals surface area contributed by atoms with Crippen molar-refractivity contribution >= 4 is 40.1 Å². The monoisotopic (exact) mass is 337 g/mol. The Hall–Kier alpha value is -2.71. The van der Waals surface area contributed by atoms with E-state index >= 15 is 0 Å². The molecular weight excluding hydrogens is 328 g/mol. The van der Waals surface area contributed by atoms with Gasteiger partial charge in [0.15, 0.2) is 17.6 Å². The summed E-state index contributed by atoms with van der Waals surface area (Å²) in [5.41, 5.74) is 8.36. The van der Waals surface area contributed by atoms with Crippen molar-refractivity contribution in [1.29, 1.82) is 0 Å². The molecule has 5 N–H and O–H groups in total. The number of nitrogens with one attached hydrogen (secondary N) is 2. The SMILES string of the molecule is Nc1nc2c(F)ccc(C(=Nc3ccc(F)c(Cl)c3)NO)c2[nH]1. The quantitative estimate of drug-likeness (QED) is 0.328. The van der Waals surface area contributed by atoms with E-state index in [9.17, 15) is 14.0 Å². The van der Waals surface area contributed by atoms with Crippen LogP contribution in [0.2, 0.25) is 5.02 Å². The highest BCUT2D eigenvalue weighted by atomic mass is 35.5. The highest BCUT2D eigenvalue weighted by molar-refractivity contribution is 6.31. The van der Waals surface area contributed by atoms with Gasteiger partial charge in [0.2, 0.25) is 0 Å². The average molecular weight is 338 g/mol. The van der Waals surface area contributed by atoms with Gasteiger partial charge in [-0.25, -0.2) is 18.8 Å². The highest BCUT2D eigenvalue weighted by Gasteiger charge is 2.15. The largest absolute Gasteiger partial charge is 0.369 e. The van der Waals surface area contributed by atoms with Crippen LogP contribution in [0.1, 0.15) is 5.56 Å². The van der Waals surface area contributed by atoms with Gasteiger partial charge in [0.1, 0.15) is 11.3 Å². The van der Waals surface area contributed by atoms with E-state index in [4.69, 9.17) is 17.3 Å². The standard InChI is InChI=1S/C14H10ClF2N5O/c15-8-5-6(1-3-9(8)16)19-13(22-23)7-2-4-10(17)12-11(7)20-14(18)21-12/h1-5,23H,(H,19,22)(H3,18,20,21). The molecule has 0 aliphatic carbocycles. The van der Waals surface area contributed by atoms with Crippen LogP contribution in [0.3, 0.4) is 0 Å². The maximum absolute atomic E-state index is 13.8. The van der Waals surface area contributed by atoms with Crippen molar-refractivity contribution in [3.05, 3.63) is 52.6 Å². The zero-order valence-corrected chi connectivity index (χ0v) is 12.2. The van der Waals surface area contributed by atoms with Gasteiger partial charge in [-0.15, -0.1) is 0 Å². The second-order valence-electron chi connectivity index (χ2n) is 4.61. The number of hydrogen-bond acceptors (Lipinski definition) is 4. The van der Waals surface area contributed by atoms with Gasteiger partial charge in [0.05, 0.1) is 16.2 Å². The number of halogens is 3. The Morgan fingerprint density at radius 1 is 1.26 bits per heavy atom. The van der Waals surface area contributed by atoms with E-state index in [1.54, 1.807) is 0 Å². The number of aromatic nitrogens is 2. The number of aliphatic imine (C=N–C) groups is 1. The molecule has 0 aliphatic heterocycles. The molecule has 3 aromatic rings. The Kier molecular flexibility index (Phi) is 3.85. The molecule has 23 heavy (non-hydrogen) atoms. The normalized spacial score (nSPS) is 11.9. The molecule has 0 fully saturated rings. The summed E-state index contributed by atoms with van der Waals surface area (Å²) in [4.78, 5) is 10.7. The molecule has 0 unspecified atom stereocenters. The molecule has 1 aromatic heterocycles. The second kappa shape index (κ2) is 5.82. The molecule has 118 valence electrons. The minimum atomic E-state index is -0.588. The number of fused-ring (bicyclic) bond motifs is 1. The molecule has 0 aliphatic rings. The van der Waals surface area contributed by atoms with Gasteiger partial charge >= 0.3 is 0 Å². The van der Waals surface area contributed by atoms with Crippen molar-refractivity contribution in [2.24, 2.45) is 4.99 Å². The fraction of sp³-hybridized carbons (Fsp3) is 0. The Bertz CT molecular complexity index is 925. The van der Waals surface area contributed by atoms with Crippen LogP contribution in [0.25, 0.3) is 11.0 Å². The summed E-state index contributed by atoms with van der Waals surface area (Å²) in [6.45, 7) is 0. The minimum Gasteiger partial charge on any atom is -0.369 e. The van der Waals surface area contributed by atoms with Crippen molar-refractivity contribution in [1.82, 2.24) is 15.4 Å². The van der Waals surface area contributed by atoms with E-state index in [0.29, 0.717) is 5.56 Å². The predicted molar refractivity (Wildman–Crippen MR) is 83.0 cm³/mol. The smallest absolute Gasteiger partial charge is 0.198 e.